The molecular formula is C6H13N3O3. The second kappa shape index (κ2) is 5.50. The van der Waals surface area contributed by atoms with Crippen molar-refractivity contribution >= 4 is 11.8 Å². The maximum atomic E-state index is 10.8. The van der Waals surface area contributed by atoms with E-state index >= 15 is 0 Å². The SMILES string of the molecule is CNCC(=O)N[C@@H](CO)C(N)=O. The molecule has 0 rings (SSSR count). The van der Waals surface area contributed by atoms with E-state index in [1.807, 2.05) is 0 Å². The van der Waals surface area contributed by atoms with Crippen molar-refractivity contribution in [1.29, 1.82) is 0 Å². The Morgan fingerprint density at radius 1 is 1.58 bits per heavy atom. The number of amides is 2. The van der Waals surface area contributed by atoms with Gasteiger partial charge >= 0.3 is 0 Å². The van der Waals surface area contributed by atoms with Crippen LogP contribution in [0, 0.1) is 0 Å². The molecule has 6 heteroatoms. The lowest BCUT2D eigenvalue weighted by Gasteiger charge is -2.11. The summed E-state index contributed by atoms with van der Waals surface area (Å²) in [5, 5.41) is 13.4. The molecule has 0 aliphatic rings. The summed E-state index contributed by atoms with van der Waals surface area (Å²) in [5.41, 5.74) is 4.86. The number of aliphatic hydroxyl groups excluding tert-OH is 1. The van der Waals surface area contributed by atoms with E-state index in [9.17, 15) is 9.59 Å². The van der Waals surface area contributed by atoms with Crippen LogP contribution in [0.15, 0.2) is 0 Å². The summed E-state index contributed by atoms with van der Waals surface area (Å²) in [6.45, 7) is -0.394. The molecule has 0 fully saturated rings. The van der Waals surface area contributed by atoms with Crippen molar-refractivity contribution in [3.05, 3.63) is 0 Å². The first kappa shape index (κ1) is 10.9. The Labute approximate surface area is 70.1 Å². The van der Waals surface area contributed by atoms with Crippen LogP contribution < -0.4 is 16.4 Å². The summed E-state index contributed by atoms with van der Waals surface area (Å²) < 4.78 is 0. The normalized spacial score (nSPS) is 12.2. The van der Waals surface area contributed by atoms with Gasteiger partial charge in [-0.2, -0.15) is 0 Å². The first-order valence-electron chi connectivity index (χ1n) is 3.46. The Kier molecular flexibility index (Phi) is 4.98. The van der Waals surface area contributed by atoms with Gasteiger partial charge in [0.05, 0.1) is 13.2 Å². The van der Waals surface area contributed by atoms with Crippen molar-refractivity contribution < 1.29 is 14.7 Å². The Bertz CT molecular complexity index is 171. The van der Waals surface area contributed by atoms with E-state index in [2.05, 4.69) is 10.6 Å². The fraction of sp³-hybridized carbons (Fsp3) is 0.667. The maximum Gasteiger partial charge on any atom is 0.242 e. The third-order valence-corrected chi connectivity index (χ3v) is 1.20. The maximum absolute atomic E-state index is 10.8. The minimum atomic E-state index is -0.995. The highest BCUT2D eigenvalue weighted by molar-refractivity contribution is 5.87. The molecule has 0 heterocycles. The lowest BCUT2D eigenvalue weighted by Crippen LogP contribution is -2.48. The Morgan fingerprint density at radius 2 is 2.17 bits per heavy atom. The van der Waals surface area contributed by atoms with Gasteiger partial charge < -0.3 is 21.5 Å². The van der Waals surface area contributed by atoms with Gasteiger partial charge in [-0.1, -0.05) is 0 Å². The van der Waals surface area contributed by atoms with Crippen LogP contribution >= 0.6 is 0 Å². The van der Waals surface area contributed by atoms with Crippen molar-refractivity contribution in [2.45, 2.75) is 6.04 Å². The lowest BCUT2D eigenvalue weighted by atomic mass is 10.3. The zero-order chi connectivity index (χ0) is 9.56. The van der Waals surface area contributed by atoms with Gasteiger partial charge in [0.15, 0.2) is 0 Å². The largest absolute Gasteiger partial charge is 0.394 e. The number of rotatable bonds is 5. The van der Waals surface area contributed by atoms with Gasteiger partial charge in [0.2, 0.25) is 11.8 Å². The predicted molar refractivity (Wildman–Crippen MR) is 42.1 cm³/mol. The molecule has 6 nitrogen and oxygen atoms in total. The van der Waals surface area contributed by atoms with Gasteiger partial charge in [0, 0.05) is 0 Å². The van der Waals surface area contributed by atoms with Crippen LogP contribution in [0.25, 0.3) is 0 Å². The number of nitrogens with one attached hydrogen (secondary N) is 2. The molecule has 1 atom stereocenters. The average Bonchev–Trinajstić information content (AvgIpc) is 2.00. The molecule has 0 aromatic heterocycles. The van der Waals surface area contributed by atoms with E-state index < -0.39 is 18.6 Å². The van der Waals surface area contributed by atoms with Crippen LogP contribution in [0.3, 0.4) is 0 Å². The highest BCUT2D eigenvalue weighted by Crippen LogP contribution is 1.79. The second-order valence-corrected chi connectivity index (χ2v) is 2.24. The molecule has 12 heavy (non-hydrogen) atoms. The first-order chi connectivity index (χ1) is 5.61. The van der Waals surface area contributed by atoms with Crippen molar-refractivity contribution in [2.24, 2.45) is 5.73 Å². The first-order valence-corrected chi connectivity index (χ1v) is 3.46. The number of hydrogen-bond acceptors (Lipinski definition) is 4. The number of hydrogen-bond donors (Lipinski definition) is 4. The molecule has 0 aromatic carbocycles. The molecule has 2 amide bonds. The molecule has 0 aliphatic heterocycles. The minimum absolute atomic E-state index is 0.0871. The van der Waals surface area contributed by atoms with E-state index in [1.165, 1.54) is 0 Å². The van der Waals surface area contributed by atoms with Gasteiger partial charge in [-0.3, -0.25) is 9.59 Å². The van der Waals surface area contributed by atoms with Crippen molar-refractivity contribution in [1.82, 2.24) is 10.6 Å². The van der Waals surface area contributed by atoms with Gasteiger partial charge in [-0.05, 0) is 7.05 Å². The Balaban J connectivity index is 3.85. The van der Waals surface area contributed by atoms with Crippen molar-refractivity contribution in [3.8, 4) is 0 Å². The third kappa shape index (κ3) is 3.89. The van der Waals surface area contributed by atoms with Crippen LogP contribution in [0.2, 0.25) is 0 Å². The molecule has 70 valence electrons. The number of likely N-dealkylation sites (N-methyl/N-ethyl adjacent to an activating group) is 1. The highest BCUT2D eigenvalue weighted by Gasteiger charge is 2.15. The number of carbonyl (C=O) groups excluding carboxylic acids is 2. The van der Waals surface area contributed by atoms with Gasteiger partial charge in [0.1, 0.15) is 6.04 Å². The molecule has 5 N–H and O–H groups in total. The smallest absolute Gasteiger partial charge is 0.242 e. The standard InChI is InChI=1S/C6H13N3O3/c1-8-2-5(11)9-4(3-10)6(7)12/h4,8,10H,2-3H2,1H3,(H2,7,12)(H,9,11)/t4-/m0/s1. The zero-order valence-electron chi connectivity index (χ0n) is 6.83. The molecule has 0 saturated heterocycles. The molecule has 0 aromatic rings. The van der Waals surface area contributed by atoms with Crippen molar-refractivity contribution in [3.63, 3.8) is 0 Å². The third-order valence-electron chi connectivity index (χ3n) is 1.20. The summed E-state index contributed by atoms with van der Waals surface area (Å²) in [6, 6.07) is -0.995. The molecule has 0 unspecified atom stereocenters. The fourth-order valence-electron chi connectivity index (χ4n) is 0.613. The zero-order valence-corrected chi connectivity index (χ0v) is 6.83. The summed E-state index contributed by atoms with van der Waals surface area (Å²) in [6.07, 6.45) is 0. The quantitative estimate of drug-likeness (QED) is 0.361. The van der Waals surface area contributed by atoms with Crippen LogP contribution in [0.4, 0.5) is 0 Å². The summed E-state index contributed by atoms with van der Waals surface area (Å²) in [7, 11) is 1.60. The van der Waals surface area contributed by atoms with E-state index in [4.69, 9.17) is 10.8 Å². The van der Waals surface area contributed by atoms with Crippen LogP contribution in [0.5, 0.6) is 0 Å². The van der Waals surface area contributed by atoms with Crippen LogP contribution in [-0.4, -0.2) is 43.2 Å². The predicted octanol–water partition coefficient (Wildman–Crippen LogP) is -2.83. The van der Waals surface area contributed by atoms with Gasteiger partial charge in [-0.25, -0.2) is 0 Å². The minimum Gasteiger partial charge on any atom is -0.394 e. The van der Waals surface area contributed by atoms with Gasteiger partial charge in [0.25, 0.3) is 0 Å². The summed E-state index contributed by atoms with van der Waals surface area (Å²) in [4.78, 5) is 21.3. The average molecular weight is 175 g/mol. The fourth-order valence-corrected chi connectivity index (χ4v) is 0.613. The Hall–Kier alpha value is -1.14. The monoisotopic (exact) mass is 175 g/mol. The number of nitrogens with two attached hydrogens (primary N) is 1. The van der Waals surface area contributed by atoms with E-state index in [1.54, 1.807) is 7.05 Å². The van der Waals surface area contributed by atoms with E-state index in [0.717, 1.165) is 0 Å². The molecule has 0 saturated carbocycles. The Morgan fingerprint density at radius 3 is 2.50 bits per heavy atom. The second-order valence-electron chi connectivity index (χ2n) is 2.24. The van der Waals surface area contributed by atoms with Crippen LogP contribution in [0.1, 0.15) is 0 Å². The van der Waals surface area contributed by atoms with E-state index in [-0.39, 0.29) is 12.5 Å². The molecule has 0 spiro atoms. The summed E-state index contributed by atoms with van der Waals surface area (Å²) in [5.74, 6) is -1.13. The lowest BCUT2D eigenvalue weighted by molar-refractivity contribution is -0.127. The molecule has 0 aliphatic carbocycles. The molecule has 0 radical (unpaired) electrons. The summed E-state index contributed by atoms with van der Waals surface area (Å²) >= 11 is 0. The number of aliphatic hydroxyl groups is 1. The number of primary amides is 1. The van der Waals surface area contributed by atoms with E-state index in [0.29, 0.717) is 0 Å². The molecule has 0 bridgehead atoms. The number of carbonyl (C=O) groups is 2. The van der Waals surface area contributed by atoms with Crippen molar-refractivity contribution in [2.75, 3.05) is 20.2 Å². The highest BCUT2D eigenvalue weighted by atomic mass is 16.3. The van der Waals surface area contributed by atoms with Gasteiger partial charge in [-0.15, -0.1) is 0 Å². The van der Waals surface area contributed by atoms with Crippen LogP contribution in [-0.2, 0) is 9.59 Å². The topological polar surface area (TPSA) is 104 Å². The molecular weight excluding hydrogens is 162 g/mol.